The zero-order valence-electron chi connectivity index (χ0n) is 34.3. The van der Waals surface area contributed by atoms with E-state index in [-0.39, 0.29) is 51.7 Å². The molecule has 0 bridgehead atoms. The normalized spacial score (nSPS) is 23.9. The van der Waals surface area contributed by atoms with Gasteiger partial charge in [0.15, 0.2) is 0 Å². The zero-order valence-corrected chi connectivity index (χ0v) is 35.2. The SMILES string of the molecule is C=C[C@@H]1C[C@]1(NC(=O)[C@@H]1C[C@@H](NC(=O)c2cc(-c3ccccc3)nc3ccccc23)CN1C(=O)[C@@H](CC(=O)N1CCC(C(F)(F)F)CC1)C(C)(C)C)C(=O)NS(=O)(=O)C1CC1. The molecule has 61 heavy (non-hydrogen) atoms. The average Bonchev–Trinajstić information content (AvgIpc) is 4.15. The largest absolute Gasteiger partial charge is 0.391 e. The molecule has 3 N–H and O–H groups in total. The maximum atomic E-state index is 14.8. The van der Waals surface area contributed by atoms with Crippen LogP contribution in [0.25, 0.3) is 22.2 Å². The maximum absolute atomic E-state index is 14.8. The first-order chi connectivity index (χ1) is 28.7. The lowest BCUT2D eigenvalue weighted by atomic mass is 9.77. The molecule has 5 atom stereocenters. The summed E-state index contributed by atoms with van der Waals surface area (Å²) in [4.78, 5) is 78.2. The fourth-order valence-electron chi connectivity index (χ4n) is 8.56. The second-order valence-corrected chi connectivity index (χ2v) is 19.8. The predicted molar refractivity (Wildman–Crippen MR) is 221 cm³/mol. The zero-order chi connectivity index (χ0) is 44.1. The second kappa shape index (κ2) is 16.5. The lowest BCUT2D eigenvalue weighted by Crippen LogP contribution is -2.57. The summed E-state index contributed by atoms with van der Waals surface area (Å²) in [6, 6.07) is 16.1. The third-order valence-corrected chi connectivity index (χ3v) is 14.4. The maximum Gasteiger partial charge on any atom is 0.391 e. The average molecular weight is 865 g/mol. The third kappa shape index (κ3) is 9.31. The molecule has 4 aliphatic rings. The Bertz CT molecular complexity index is 2340. The van der Waals surface area contributed by atoms with Crippen molar-refractivity contribution in [1.82, 2.24) is 30.1 Å². The Morgan fingerprint density at radius 2 is 1.62 bits per heavy atom. The summed E-state index contributed by atoms with van der Waals surface area (Å²) in [5.41, 5.74) is -0.303. The Balaban J connectivity index is 1.16. The molecule has 326 valence electrons. The number of halogens is 3. The van der Waals surface area contributed by atoms with Crippen LogP contribution in [0.5, 0.6) is 0 Å². The van der Waals surface area contributed by atoms with Crippen LogP contribution in [0.3, 0.4) is 0 Å². The van der Waals surface area contributed by atoms with Gasteiger partial charge in [0, 0.05) is 49.0 Å². The number of nitrogens with one attached hydrogen (secondary N) is 3. The number of sulfonamides is 1. The third-order valence-electron chi connectivity index (χ3n) is 12.5. The first-order valence-electron chi connectivity index (χ1n) is 20.6. The van der Waals surface area contributed by atoms with Crippen LogP contribution in [0.15, 0.2) is 73.3 Å². The summed E-state index contributed by atoms with van der Waals surface area (Å²) in [5.74, 6) is -6.40. The Kier molecular flexibility index (Phi) is 11.8. The molecular formula is C44H51F3N6O7S. The van der Waals surface area contributed by atoms with Gasteiger partial charge in [-0.15, -0.1) is 6.58 Å². The van der Waals surface area contributed by atoms with Crippen molar-refractivity contribution in [3.8, 4) is 11.3 Å². The molecule has 3 aromatic rings. The van der Waals surface area contributed by atoms with Crippen molar-refractivity contribution in [2.24, 2.45) is 23.2 Å². The van der Waals surface area contributed by atoms with Gasteiger partial charge in [-0.2, -0.15) is 13.2 Å². The second-order valence-electron chi connectivity index (χ2n) is 17.9. The quantitative estimate of drug-likeness (QED) is 0.210. The van der Waals surface area contributed by atoms with E-state index in [0.29, 0.717) is 35.0 Å². The molecule has 0 spiro atoms. The Hall–Kier alpha value is -5.32. The number of carbonyl (C=O) groups excluding carboxylic acids is 5. The fourth-order valence-corrected chi connectivity index (χ4v) is 9.92. The lowest BCUT2D eigenvalue weighted by molar-refractivity contribution is -0.186. The molecule has 1 aromatic heterocycles. The Morgan fingerprint density at radius 1 is 0.967 bits per heavy atom. The van der Waals surface area contributed by atoms with Crippen LogP contribution in [0.4, 0.5) is 13.2 Å². The molecule has 2 aromatic carbocycles. The summed E-state index contributed by atoms with van der Waals surface area (Å²) in [7, 11) is -3.98. The van der Waals surface area contributed by atoms with E-state index < -0.39 is 91.8 Å². The summed E-state index contributed by atoms with van der Waals surface area (Å²) >= 11 is 0. The highest BCUT2D eigenvalue weighted by Gasteiger charge is 2.62. The van der Waals surface area contributed by atoms with Crippen LogP contribution in [0.1, 0.15) is 76.1 Å². The minimum atomic E-state index is -4.37. The Morgan fingerprint density at radius 3 is 2.23 bits per heavy atom. The summed E-state index contributed by atoms with van der Waals surface area (Å²) in [6.45, 7) is 8.62. The number of pyridine rings is 1. The molecule has 2 aliphatic heterocycles. The number of rotatable bonds is 12. The van der Waals surface area contributed by atoms with Crippen LogP contribution in [-0.4, -0.2) is 101 Å². The van der Waals surface area contributed by atoms with Crippen LogP contribution < -0.4 is 15.4 Å². The number of benzene rings is 2. The molecule has 2 aliphatic carbocycles. The van der Waals surface area contributed by atoms with Crippen LogP contribution in [0, 0.1) is 23.2 Å². The van der Waals surface area contributed by atoms with Crippen LogP contribution in [0.2, 0.25) is 0 Å². The van der Waals surface area contributed by atoms with Crippen molar-refractivity contribution >= 4 is 50.5 Å². The van der Waals surface area contributed by atoms with Gasteiger partial charge in [0.1, 0.15) is 11.6 Å². The van der Waals surface area contributed by atoms with Crippen LogP contribution in [-0.2, 0) is 29.2 Å². The summed E-state index contributed by atoms with van der Waals surface area (Å²) < 4.78 is 67.9. The van der Waals surface area contributed by atoms with E-state index in [1.54, 1.807) is 45.0 Å². The van der Waals surface area contributed by atoms with E-state index in [4.69, 9.17) is 4.98 Å². The minimum Gasteiger partial charge on any atom is -0.347 e. The first-order valence-corrected chi connectivity index (χ1v) is 22.2. The number of carbonyl (C=O) groups is 5. The Labute approximate surface area is 352 Å². The van der Waals surface area contributed by atoms with Gasteiger partial charge in [-0.3, -0.25) is 28.7 Å². The molecule has 5 amide bonds. The van der Waals surface area contributed by atoms with Gasteiger partial charge < -0.3 is 20.4 Å². The number of hydrogen-bond donors (Lipinski definition) is 3. The number of para-hydroxylation sites is 1. The number of fused-ring (bicyclic) bond motifs is 1. The van der Waals surface area contributed by atoms with Crippen molar-refractivity contribution in [3.05, 3.63) is 78.9 Å². The molecular weight excluding hydrogens is 814 g/mol. The molecule has 2 saturated carbocycles. The van der Waals surface area contributed by atoms with E-state index >= 15 is 0 Å². The number of piperidine rings is 1. The van der Waals surface area contributed by atoms with Crippen LogP contribution >= 0.6 is 0 Å². The molecule has 4 fully saturated rings. The van der Waals surface area contributed by atoms with Gasteiger partial charge in [-0.1, -0.05) is 75.4 Å². The highest BCUT2D eigenvalue weighted by atomic mass is 32.2. The molecule has 7 rings (SSSR count). The topological polar surface area (TPSA) is 175 Å². The highest BCUT2D eigenvalue weighted by molar-refractivity contribution is 7.91. The molecule has 2 saturated heterocycles. The van der Waals surface area contributed by atoms with Gasteiger partial charge >= 0.3 is 6.18 Å². The number of aromatic nitrogens is 1. The molecule has 13 nitrogen and oxygen atoms in total. The van der Waals surface area contributed by atoms with Crippen molar-refractivity contribution in [3.63, 3.8) is 0 Å². The number of likely N-dealkylation sites (tertiary alicyclic amines) is 2. The molecule has 17 heteroatoms. The van der Waals surface area contributed by atoms with Gasteiger partial charge in [0.25, 0.3) is 11.8 Å². The van der Waals surface area contributed by atoms with Gasteiger partial charge in [0.05, 0.1) is 33.9 Å². The summed E-state index contributed by atoms with van der Waals surface area (Å²) in [5, 5.41) is 5.63. The summed E-state index contributed by atoms with van der Waals surface area (Å²) in [6.07, 6.45) is -2.97. The van der Waals surface area contributed by atoms with E-state index in [2.05, 4.69) is 21.9 Å². The van der Waals surface area contributed by atoms with Crippen molar-refractivity contribution in [2.45, 2.75) is 94.8 Å². The standard InChI is InChI=1S/C44H51F3N6O7S/c1-5-27-24-43(27,41(58)51-61(59,60)30-15-16-30)50-39(56)36-21-29(48-38(55)32-22-35(26-11-7-6-8-12-26)49-34-14-10-9-13-31(32)34)25-53(36)40(57)33(42(2,3)4)23-37(54)52-19-17-28(18-20-52)44(45,46)47/h5-14,22,27-30,33,36H,1,15-21,23-25H2,2-4H3,(H,48,55)(H,50,56)(H,51,58)/t27-,29-,33-,36+,43-/m1/s1. The van der Waals surface area contributed by atoms with E-state index in [9.17, 15) is 45.6 Å². The van der Waals surface area contributed by atoms with E-state index in [1.165, 1.54) is 15.9 Å². The monoisotopic (exact) mass is 864 g/mol. The minimum absolute atomic E-state index is 0.0676. The lowest BCUT2D eigenvalue weighted by Gasteiger charge is -2.37. The molecule has 0 unspecified atom stereocenters. The molecule has 3 heterocycles. The number of nitrogens with zero attached hydrogens (tertiary/aromatic N) is 3. The van der Waals surface area contributed by atoms with Gasteiger partial charge in [-0.05, 0) is 56.1 Å². The van der Waals surface area contributed by atoms with Crippen molar-refractivity contribution in [2.75, 3.05) is 19.6 Å². The highest BCUT2D eigenvalue weighted by Crippen LogP contribution is 2.46. The fraction of sp³-hybridized carbons (Fsp3) is 0.500. The van der Waals surface area contributed by atoms with Gasteiger partial charge in [0.2, 0.25) is 27.7 Å². The van der Waals surface area contributed by atoms with Crippen molar-refractivity contribution < 1.29 is 45.6 Å². The molecule has 0 radical (unpaired) electrons. The number of amides is 5. The van der Waals surface area contributed by atoms with E-state index in [0.717, 1.165) is 5.56 Å². The smallest absolute Gasteiger partial charge is 0.347 e. The predicted octanol–water partition coefficient (Wildman–Crippen LogP) is 5.12. The van der Waals surface area contributed by atoms with Crippen molar-refractivity contribution in [1.29, 1.82) is 0 Å². The van der Waals surface area contributed by atoms with Gasteiger partial charge in [-0.25, -0.2) is 13.4 Å². The number of hydrogen-bond acceptors (Lipinski definition) is 8. The number of alkyl halides is 3. The van der Waals surface area contributed by atoms with E-state index in [1.807, 2.05) is 36.4 Å². The first kappa shape index (κ1) is 43.8.